The summed E-state index contributed by atoms with van der Waals surface area (Å²) in [5.74, 6) is 1.84. The van der Waals surface area contributed by atoms with Crippen LogP contribution in [0.15, 0.2) is 132 Å². The SMILES string of the molecule is CCSc1cccc(OCc2ccccc2)c1CN1CCN(C(=O)[C@H](NC(=O)OCc2ccccc2)C2CCN(CCc3cc(Cl)ccc3-c3ccccc3)CC2)CC1. The van der Waals surface area contributed by atoms with Crippen LogP contribution in [0.4, 0.5) is 4.79 Å². The summed E-state index contributed by atoms with van der Waals surface area (Å²) in [5.41, 5.74) is 6.83. The van der Waals surface area contributed by atoms with E-state index in [9.17, 15) is 9.59 Å². The molecule has 2 heterocycles. The number of piperazine rings is 1. The molecule has 2 saturated heterocycles. The topological polar surface area (TPSA) is 74.3 Å². The van der Waals surface area contributed by atoms with Crippen LogP contribution in [0, 0.1) is 5.92 Å². The summed E-state index contributed by atoms with van der Waals surface area (Å²) in [6.45, 7) is 8.76. The van der Waals surface area contributed by atoms with Crippen molar-refractivity contribution >= 4 is 35.4 Å². The summed E-state index contributed by atoms with van der Waals surface area (Å²) in [5, 5.41) is 3.79. The van der Waals surface area contributed by atoms with Gasteiger partial charge in [0.15, 0.2) is 0 Å². The van der Waals surface area contributed by atoms with Gasteiger partial charge in [0.25, 0.3) is 0 Å². The maximum atomic E-state index is 14.5. The van der Waals surface area contributed by atoms with E-state index in [4.69, 9.17) is 21.1 Å². The summed E-state index contributed by atoms with van der Waals surface area (Å²) in [4.78, 5) is 35.8. The summed E-state index contributed by atoms with van der Waals surface area (Å²) >= 11 is 8.30. The van der Waals surface area contributed by atoms with Crippen LogP contribution in [0.3, 0.4) is 0 Å². The van der Waals surface area contributed by atoms with E-state index >= 15 is 0 Å². The average molecular weight is 832 g/mol. The number of rotatable bonds is 16. The van der Waals surface area contributed by atoms with Crippen LogP contribution in [0.2, 0.25) is 5.02 Å². The van der Waals surface area contributed by atoms with Gasteiger partial charge in [-0.15, -0.1) is 11.8 Å². The molecule has 10 heteroatoms. The van der Waals surface area contributed by atoms with Gasteiger partial charge in [0, 0.05) is 54.8 Å². The number of hydrogen-bond acceptors (Lipinski definition) is 7. The highest BCUT2D eigenvalue weighted by molar-refractivity contribution is 7.99. The van der Waals surface area contributed by atoms with Crippen molar-refractivity contribution in [3.63, 3.8) is 0 Å². The zero-order valence-corrected chi connectivity index (χ0v) is 35.5. The number of nitrogens with zero attached hydrogens (tertiary/aromatic N) is 3. The molecule has 8 nitrogen and oxygen atoms in total. The molecular weight excluding hydrogens is 776 g/mol. The van der Waals surface area contributed by atoms with Gasteiger partial charge in [0.05, 0.1) is 0 Å². The van der Waals surface area contributed by atoms with E-state index in [1.54, 1.807) is 0 Å². The van der Waals surface area contributed by atoms with E-state index in [1.807, 2.05) is 77.3 Å². The lowest BCUT2D eigenvalue weighted by atomic mass is 9.88. The van der Waals surface area contributed by atoms with Crippen molar-refractivity contribution in [2.75, 3.05) is 51.6 Å². The number of benzene rings is 5. The highest BCUT2D eigenvalue weighted by atomic mass is 35.5. The van der Waals surface area contributed by atoms with Crippen molar-refractivity contribution in [3.8, 4) is 16.9 Å². The Morgan fingerprint density at radius 1 is 0.763 bits per heavy atom. The summed E-state index contributed by atoms with van der Waals surface area (Å²) in [6, 6.07) is 42.1. The van der Waals surface area contributed by atoms with Gasteiger partial charge in [0.1, 0.15) is 25.0 Å². The van der Waals surface area contributed by atoms with Gasteiger partial charge in [-0.1, -0.05) is 122 Å². The molecule has 2 aliphatic heterocycles. The Bertz CT molecular complexity index is 2090. The normalized spacial score (nSPS) is 15.7. The van der Waals surface area contributed by atoms with Gasteiger partial charge < -0.3 is 24.6 Å². The van der Waals surface area contributed by atoms with E-state index in [0.29, 0.717) is 19.7 Å². The minimum Gasteiger partial charge on any atom is -0.489 e. The maximum Gasteiger partial charge on any atom is 0.408 e. The molecule has 0 spiro atoms. The molecule has 5 aromatic carbocycles. The summed E-state index contributed by atoms with van der Waals surface area (Å²) in [6.07, 6.45) is 1.91. The first-order chi connectivity index (χ1) is 28.9. The van der Waals surface area contributed by atoms with Gasteiger partial charge >= 0.3 is 6.09 Å². The molecule has 2 amide bonds. The Kier molecular flexibility index (Phi) is 15.4. The third-order valence-electron chi connectivity index (χ3n) is 11.4. The standard InChI is InChI=1S/C49H55ClN4O4S/c1-2-59-46-20-12-19-45(57-35-37-13-6-3-7-14-37)44(46)34-53-29-31-54(32-30-53)48(55)47(51-49(56)58-36-38-15-8-4-9-16-38)40-23-26-52(27-24-40)28-25-41-33-42(50)21-22-43(41)39-17-10-5-11-18-39/h3-22,33,40,47H,2,23-32,34-36H2,1H3,(H,51,56)/t47-/m1/s1. The smallest absolute Gasteiger partial charge is 0.408 e. The van der Waals surface area contributed by atoms with E-state index < -0.39 is 12.1 Å². The number of thioether (sulfide) groups is 1. The molecule has 0 aliphatic carbocycles. The molecule has 0 unspecified atom stereocenters. The predicted molar refractivity (Wildman–Crippen MR) is 239 cm³/mol. The Balaban J connectivity index is 0.982. The van der Waals surface area contributed by atoms with E-state index in [0.717, 1.165) is 86.2 Å². The number of carbonyl (C=O) groups is 2. The van der Waals surface area contributed by atoms with Crippen molar-refractivity contribution in [2.45, 2.75) is 56.9 Å². The largest absolute Gasteiger partial charge is 0.489 e. The van der Waals surface area contributed by atoms with Crippen LogP contribution in [-0.4, -0.2) is 84.3 Å². The fourth-order valence-corrected chi connectivity index (χ4v) is 9.16. The Labute approximate surface area is 358 Å². The van der Waals surface area contributed by atoms with Crippen molar-refractivity contribution in [2.24, 2.45) is 5.92 Å². The van der Waals surface area contributed by atoms with E-state index in [2.05, 4.69) is 88.8 Å². The molecule has 2 fully saturated rings. The molecular formula is C49H55ClN4O4S. The molecule has 2 aliphatic rings. The van der Waals surface area contributed by atoms with Gasteiger partial charge in [0.2, 0.25) is 5.91 Å². The molecule has 1 N–H and O–H groups in total. The molecule has 0 radical (unpaired) electrons. The number of alkyl carbamates (subject to hydrolysis) is 1. The van der Waals surface area contributed by atoms with Gasteiger partial charge in [-0.2, -0.15) is 0 Å². The highest BCUT2D eigenvalue weighted by Crippen LogP contribution is 2.33. The van der Waals surface area contributed by atoms with Crippen LogP contribution in [0.25, 0.3) is 11.1 Å². The van der Waals surface area contributed by atoms with Gasteiger partial charge in [-0.3, -0.25) is 9.69 Å². The zero-order valence-electron chi connectivity index (χ0n) is 33.9. The molecule has 0 aromatic heterocycles. The summed E-state index contributed by atoms with van der Waals surface area (Å²) < 4.78 is 12.1. The molecule has 0 bridgehead atoms. The van der Waals surface area contributed by atoms with Crippen molar-refractivity contribution in [1.82, 2.24) is 20.0 Å². The number of halogens is 1. The second kappa shape index (κ2) is 21.5. The van der Waals surface area contributed by atoms with Gasteiger partial charge in [-0.05, 0) is 96.1 Å². The number of amides is 2. The third kappa shape index (κ3) is 11.9. The number of likely N-dealkylation sites (tertiary alicyclic amines) is 1. The first-order valence-electron chi connectivity index (χ1n) is 20.9. The minimum atomic E-state index is -0.663. The molecule has 0 saturated carbocycles. The quantitative estimate of drug-likeness (QED) is 0.0994. The number of piperidine rings is 1. The third-order valence-corrected chi connectivity index (χ3v) is 12.6. The van der Waals surface area contributed by atoms with Gasteiger partial charge in [-0.25, -0.2) is 4.79 Å². The fraction of sp³-hybridized carbons (Fsp3) is 0.347. The van der Waals surface area contributed by atoms with Crippen LogP contribution >= 0.6 is 23.4 Å². The fourth-order valence-electron chi connectivity index (χ4n) is 8.14. The number of ether oxygens (including phenoxy) is 2. The average Bonchev–Trinajstić information content (AvgIpc) is 3.28. The van der Waals surface area contributed by atoms with Crippen molar-refractivity contribution in [3.05, 3.63) is 155 Å². The Morgan fingerprint density at radius 3 is 2.10 bits per heavy atom. The lowest BCUT2D eigenvalue weighted by Crippen LogP contribution is -2.58. The van der Waals surface area contributed by atoms with E-state index in [1.165, 1.54) is 27.1 Å². The lowest BCUT2D eigenvalue weighted by Gasteiger charge is -2.40. The minimum absolute atomic E-state index is 0.00521. The predicted octanol–water partition coefficient (Wildman–Crippen LogP) is 9.59. The number of hydrogen-bond donors (Lipinski definition) is 1. The van der Waals surface area contributed by atoms with Crippen molar-refractivity contribution < 1.29 is 19.1 Å². The molecule has 7 rings (SSSR count). The highest BCUT2D eigenvalue weighted by Gasteiger charge is 2.37. The second-order valence-electron chi connectivity index (χ2n) is 15.3. The Hall–Kier alpha value is -4.80. The van der Waals surface area contributed by atoms with Crippen LogP contribution < -0.4 is 10.1 Å². The van der Waals surface area contributed by atoms with E-state index in [-0.39, 0.29) is 18.4 Å². The molecule has 59 heavy (non-hydrogen) atoms. The molecule has 308 valence electrons. The first kappa shape index (κ1) is 42.3. The van der Waals surface area contributed by atoms with Crippen molar-refractivity contribution in [1.29, 1.82) is 0 Å². The van der Waals surface area contributed by atoms with Crippen LogP contribution in [0.1, 0.15) is 42.0 Å². The molecule has 1 atom stereocenters. The Morgan fingerprint density at radius 2 is 1.42 bits per heavy atom. The molecule has 5 aromatic rings. The lowest BCUT2D eigenvalue weighted by molar-refractivity contribution is -0.137. The first-order valence-corrected chi connectivity index (χ1v) is 22.3. The van der Waals surface area contributed by atoms with Crippen LogP contribution in [-0.2, 0) is 35.7 Å². The monoisotopic (exact) mass is 830 g/mol. The van der Waals surface area contributed by atoms with Crippen LogP contribution in [0.5, 0.6) is 5.75 Å². The zero-order chi connectivity index (χ0) is 40.8. The number of carbonyl (C=O) groups excluding carboxylic acids is 2. The maximum absolute atomic E-state index is 14.5. The summed E-state index contributed by atoms with van der Waals surface area (Å²) in [7, 11) is 0. The second-order valence-corrected chi connectivity index (χ2v) is 17.1. The number of nitrogens with one attached hydrogen (secondary N) is 1.